The lowest BCUT2D eigenvalue weighted by atomic mass is 10.1. The van der Waals surface area contributed by atoms with Crippen LogP contribution >= 0.6 is 34.8 Å². The summed E-state index contributed by atoms with van der Waals surface area (Å²) in [5.41, 5.74) is 1.19. The molecular formula is C24H15Cl3N2O4. The molecule has 0 spiro atoms. The summed E-state index contributed by atoms with van der Waals surface area (Å²) in [7, 11) is 0. The number of benzene rings is 3. The number of carbonyl (C=O) groups is 3. The number of barbiturate groups is 1. The number of rotatable bonds is 5. The molecule has 0 atom stereocenters. The molecule has 4 amide bonds. The Morgan fingerprint density at radius 3 is 2.15 bits per heavy atom. The molecule has 0 unspecified atom stereocenters. The first-order valence-electron chi connectivity index (χ1n) is 9.67. The summed E-state index contributed by atoms with van der Waals surface area (Å²) in [6.07, 6.45) is 1.30. The van der Waals surface area contributed by atoms with Crippen LogP contribution in [0.5, 0.6) is 5.75 Å². The van der Waals surface area contributed by atoms with Crippen LogP contribution in [0.4, 0.5) is 10.5 Å². The maximum atomic E-state index is 13.0. The van der Waals surface area contributed by atoms with Gasteiger partial charge in [0.15, 0.2) is 5.75 Å². The molecule has 6 nitrogen and oxygen atoms in total. The minimum absolute atomic E-state index is 0.154. The van der Waals surface area contributed by atoms with E-state index in [4.69, 9.17) is 39.5 Å². The van der Waals surface area contributed by atoms with Gasteiger partial charge in [-0.15, -0.1) is 0 Å². The average molecular weight is 502 g/mol. The van der Waals surface area contributed by atoms with Gasteiger partial charge in [0.05, 0.1) is 20.8 Å². The van der Waals surface area contributed by atoms with Gasteiger partial charge < -0.3 is 4.74 Å². The zero-order chi connectivity index (χ0) is 23.5. The van der Waals surface area contributed by atoms with Gasteiger partial charge in [0, 0.05) is 0 Å². The first-order chi connectivity index (χ1) is 15.8. The number of nitrogens with zero attached hydrogens (tertiary/aromatic N) is 1. The molecule has 1 aliphatic rings. The Bertz CT molecular complexity index is 1270. The van der Waals surface area contributed by atoms with E-state index in [1.54, 1.807) is 12.1 Å². The largest absolute Gasteiger partial charge is 0.486 e. The van der Waals surface area contributed by atoms with Crippen LogP contribution in [0.25, 0.3) is 6.08 Å². The number of imide groups is 2. The molecule has 1 N–H and O–H groups in total. The maximum Gasteiger partial charge on any atom is 0.335 e. The number of amides is 4. The van der Waals surface area contributed by atoms with Crippen molar-refractivity contribution in [3.63, 3.8) is 0 Å². The van der Waals surface area contributed by atoms with Crippen molar-refractivity contribution < 1.29 is 19.1 Å². The third kappa shape index (κ3) is 4.88. The van der Waals surface area contributed by atoms with E-state index in [2.05, 4.69) is 5.32 Å². The van der Waals surface area contributed by atoms with Gasteiger partial charge in [0.1, 0.15) is 12.2 Å². The number of anilines is 1. The van der Waals surface area contributed by atoms with Gasteiger partial charge in [-0.2, -0.15) is 0 Å². The fourth-order valence-electron chi connectivity index (χ4n) is 3.21. The third-order valence-electron chi connectivity index (χ3n) is 4.75. The molecule has 0 radical (unpaired) electrons. The van der Waals surface area contributed by atoms with E-state index in [0.717, 1.165) is 10.5 Å². The summed E-state index contributed by atoms with van der Waals surface area (Å²) in [6.45, 7) is 0.260. The van der Waals surface area contributed by atoms with Crippen LogP contribution in [-0.4, -0.2) is 17.8 Å². The summed E-state index contributed by atoms with van der Waals surface area (Å²) < 4.78 is 5.74. The molecule has 0 bridgehead atoms. The Balaban J connectivity index is 1.63. The third-order valence-corrected chi connectivity index (χ3v) is 5.63. The maximum absolute atomic E-state index is 13.0. The highest BCUT2D eigenvalue weighted by molar-refractivity contribution is 6.42. The number of ether oxygens (including phenoxy) is 1. The van der Waals surface area contributed by atoms with E-state index in [1.165, 1.54) is 30.3 Å². The highest BCUT2D eigenvalue weighted by Gasteiger charge is 2.37. The fraction of sp³-hybridized carbons (Fsp3) is 0.0417. The van der Waals surface area contributed by atoms with Crippen molar-refractivity contribution >= 4 is 64.4 Å². The molecule has 1 saturated heterocycles. The first kappa shape index (κ1) is 22.9. The molecule has 9 heteroatoms. The Kier molecular flexibility index (Phi) is 6.70. The number of carbonyl (C=O) groups excluding carboxylic acids is 3. The Hall–Kier alpha value is -3.32. The second kappa shape index (κ2) is 9.67. The zero-order valence-corrected chi connectivity index (χ0v) is 19.1. The van der Waals surface area contributed by atoms with E-state index >= 15 is 0 Å². The number of halogens is 3. The molecule has 3 aromatic rings. The summed E-state index contributed by atoms with van der Waals surface area (Å²) in [5.74, 6) is -1.39. The molecule has 1 heterocycles. The lowest BCUT2D eigenvalue weighted by Crippen LogP contribution is -2.54. The molecule has 166 valence electrons. The van der Waals surface area contributed by atoms with Crippen LogP contribution < -0.4 is 15.0 Å². The zero-order valence-electron chi connectivity index (χ0n) is 16.8. The minimum Gasteiger partial charge on any atom is -0.486 e. The highest BCUT2D eigenvalue weighted by atomic mass is 35.5. The summed E-state index contributed by atoms with van der Waals surface area (Å²) >= 11 is 18.8. The van der Waals surface area contributed by atoms with E-state index in [9.17, 15) is 14.4 Å². The van der Waals surface area contributed by atoms with Gasteiger partial charge in [-0.3, -0.25) is 14.9 Å². The Labute approximate surface area is 204 Å². The topological polar surface area (TPSA) is 75.7 Å². The quantitative estimate of drug-likeness (QED) is 0.349. The Morgan fingerprint density at radius 1 is 0.848 bits per heavy atom. The van der Waals surface area contributed by atoms with E-state index in [0.29, 0.717) is 5.56 Å². The lowest BCUT2D eigenvalue weighted by Gasteiger charge is -2.27. The summed E-state index contributed by atoms with van der Waals surface area (Å²) in [4.78, 5) is 38.6. The van der Waals surface area contributed by atoms with Crippen molar-refractivity contribution in [3.8, 4) is 5.75 Å². The highest BCUT2D eigenvalue weighted by Crippen LogP contribution is 2.36. The molecule has 33 heavy (non-hydrogen) atoms. The van der Waals surface area contributed by atoms with Crippen molar-refractivity contribution in [1.29, 1.82) is 0 Å². The van der Waals surface area contributed by atoms with Crippen molar-refractivity contribution in [2.75, 3.05) is 4.90 Å². The van der Waals surface area contributed by atoms with E-state index in [-0.39, 0.29) is 38.7 Å². The van der Waals surface area contributed by atoms with Crippen LogP contribution in [0.2, 0.25) is 15.1 Å². The van der Waals surface area contributed by atoms with Crippen LogP contribution in [-0.2, 0) is 16.2 Å². The summed E-state index contributed by atoms with van der Waals surface area (Å²) in [5, 5.41) is 2.73. The molecule has 1 aliphatic heterocycles. The second-order valence-electron chi connectivity index (χ2n) is 7.00. The molecular weight excluding hydrogens is 487 g/mol. The monoisotopic (exact) mass is 500 g/mol. The van der Waals surface area contributed by atoms with Crippen LogP contribution in [0.3, 0.4) is 0 Å². The van der Waals surface area contributed by atoms with E-state index in [1.807, 2.05) is 30.3 Å². The number of nitrogens with one attached hydrogen (secondary N) is 1. The number of urea groups is 1. The van der Waals surface area contributed by atoms with Crippen molar-refractivity contribution in [3.05, 3.63) is 98.5 Å². The Morgan fingerprint density at radius 2 is 1.48 bits per heavy atom. The number of hydrogen-bond donors (Lipinski definition) is 1. The molecule has 0 aromatic heterocycles. The SMILES string of the molecule is O=C1NC(=O)N(c2ccccc2Cl)C(=O)/C1=C/c1cc(Cl)c(OCc2ccccc2)c(Cl)c1. The minimum atomic E-state index is -0.893. The lowest BCUT2D eigenvalue weighted by molar-refractivity contribution is -0.122. The van der Waals surface area contributed by atoms with Crippen LogP contribution in [0.15, 0.2) is 72.3 Å². The predicted molar refractivity (Wildman–Crippen MR) is 128 cm³/mol. The molecule has 3 aromatic carbocycles. The smallest absolute Gasteiger partial charge is 0.335 e. The molecule has 1 fully saturated rings. The van der Waals surface area contributed by atoms with Gasteiger partial charge in [-0.1, -0.05) is 77.3 Å². The predicted octanol–water partition coefficient (Wildman–Crippen LogP) is 5.89. The van der Waals surface area contributed by atoms with Gasteiger partial charge in [-0.05, 0) is 41.5 Å². The average Bonchev–Trinajstić information content (AvgIpc) is 2.78. The van der Waals surface area contributed by atoms with Gasteiger partial charge >= 0.3 is 6.03 Å². The van der Waals surface area contributed by atoms with Gasteiger partial charge in [-0.25, -0.2) is 9.69 Å². The summed E-state index contributed by atoms with van der Waals surface area (Å²) in [6, 6.07) is 17.9. The van der Waals surface area contributed by atoms with Crippen molar-refractivity contribution in [1.82, 2.24) is 5.32 Å². The molecule has 4 rings (SSSR count). The number of hydrogen-bond acceptors (Lipinski definition) is 4. The van der Waals surface area contributed by atoms with Crippen LogP contribution in [0, 0.1) is 0 Å². The normalized spacial score (nSPS) is 15.1. The second-order valence-corrected chi connectivity index (χ2v) is 8.22. The van der Waals surface area contributed by atoms with E-state index < -0.39 is 17.8 Å². The van der Waals surface area contributed by atoms with Crippen LogP contribution in [0.1, 0.15) is 11.1 Å². The van der Waals surface area contributed by atoms with Gasteiger partial charge in [0.25, 0.3) is 11.8 Å². The standard InChI is InChI=1S/C24H15Cl3N2O4/c25-17-8-4-5-9-20(17)29-23(31)16(22(30)28-24(29)32)10-15-11-18(26)21(19(27)12-15)33-13-14-6-2-1-3-7-14/h1-12H,13H2,(H,28,30,32)/b16-10+. The molecule has 0 aliphatic carbocycles. The first-order valence-corrected chi connectivity index (χ1v) is 10.8. The fourth-order valence-corrected chi connectivity index (χ4v) is 4.04. The van der Waals surface area contributed by atoms with Crippen molar-refractivity contribution in [2.45, 2.75) is 6.61 Å². The number of para-hydroxylation sites is 1. The van der Waals surface area contributed by atoms with Gasteiger partial charge in [0.2, 0.25) is 0 Å². The molecule has 0 saturated carbocycles. The van der Waals surface area contributed by atoms with Crippen molar-refractivity contribution in [2.24, 2.45) is 0 Å².